The Hall–Kier alpha value is -2.72. The van der Waals surface area contributed by atoms with E-state index in [1.165, 1.54) is 0 Å². The highest BCUT2D eigenvalue weighted by Gasteiger charge is 2.47. The number of methoxy groups -OCH3 is 1. The molecule has 0 bridgehead atoms. The van der Waals surface area contributed by atoms with Crippen LogP contribution >= 0.6 is 0 Å². The molecule has 0 aliphatic carbocycles. The van der Waals surface area contributed by atoms with E-state index in [4.69, 9.17) is 47.1 Å². The zero-order valence-corrected chi connectivity index (χ0v) is 40.0. The van der Waals surface area contributed by atoms with Gasteiger partial charge in [0.2, 0.25) is 0 Å². The topological polar surface area (TPSA) is 113 Å². The summed E-state index contributed by atoms with van der Waals surface area (Å²) < 4.78 is 66.4. The smallest absolute Gasteiger partial charge is 0.191 e. The van der Waals surface area contributed by atoms with Gasteiger partial charge in [-0.15, -0.1) is 0 Å². The fraction of sp³-hybridized carbons (Fsp3) is 0.654. The van der Waals surface area contributed by atoms with Gasteiger partial charge >= 0.3 is 0 Å². The SMILES string of the molecule is COc1ccc(CO[C@H]2CC[C@H]3O[C@@H](CCCO[Si](C)(C)C(C)(C)C)[C@H](OCc4ccccc4)C[C@@H]3O[C@@H]2C[C@H]2C[C@H](O)C[C@@H]3O[C@@H]4CO[C@@H](c5ccccc5)O[C@H]4CC[C@H]3O2)cc1. The molecule has 3 aromatic rings. The van der Waals surface area contributed by atoms with Gasteiger partial charge in [0.25, 0.3) is 0 Å². The van der Waals surface area contributed by atoms with Crippen LogP contribution < -0.4 is 4.74 Å². The lowest BCUT2D eigenvalue weighted by atomic mass is 9.93. The molecule has 3 aromatic carbocycles. The molecule has 8 rings (SSSR count). The van der Waals surface area contributed by atoms with Crippen LogP contribution in [0.5, 0.6) is 5.75 Å². The summed E-state index contributed by atoms with van der Waals surface area (Å²) in [5, 5.41) is 11.7. The van der Waals surface area contributed by atoms with Gasteiger partial charge in [-0.25, -0.2) is 0 Å². The van der Waals surface area contributed by atoms with Gasteiger partial charge in [0.1, 0.15) is 11.9 Å². The Balaban J connectivity index is 0.972. The lowest BCUT2D eigenvalue weighted by Gasteiger charge is -2.42. The minimum Gasteiger partial charge on any atom is -0.497 e. The molecule has 13 atom stereocenters. The molecule has 0 aromatic heterocycles. The van der Waals surface area contributed by atoms with E-state index >= 15 is 0 Å². The van der Waals surface area contributed by atoms with Crippen LogP contribution in [0.1, 0.15) is 108 Å². The average molecular weight is 903 g/mol. The monoisotopic (exact) mass is 903 g/mol. The number of hydrogen-bond acceptors (Lipinski definition) is 11. The molecule has 5 heterocycles. The fourth-order valence-corrected chi connectivity index (χ4v) is 10.9. The van der Waals surface area contributed by atoms with Crippen molar-refractivity contribution in [1.29, 1.82) is 0 Å². The van der Waals surface area contributed by atoms with Crippen molar-refractivity contribution in [2.75, 3.05) is 20.3 Å². The van der Waals surface area contributed by atoms with E-state index in [1.807, 2.05) is 60.7 Å². The van der Waals surface area contributed by atoms with Gasteiger partial charge in [0, 0.05) is 31.4 Å². The number of hydrogen-bond donors (Lipinski definition) is 1. The number of aliphatic hydroxyl groups excluding tert-OH is 1. The second-order valence-electron chi connectivity index (χ2n) is 20.2. The largest absolute Gasteiger partial charge is 0.497 e. The van der Waals surface area contributed by atoms with E-state index < -0.39 is 20.7 Å². The van der Waals surface area contributed by atoms with Gasteiger partial charge < -0.3 is 52.2 Å². The van der Waals surface area contributed by atoms with Crippen molar-refractivity contribution in [2.45, 2.75) is 196 Å². The molecule has 0 radical (unpaired) electrons. The van der Waals surface area contributed by atoms with Crippen molar-refractivity contribution >= 4 is 8.32 Å². The first-order valence-electron chi connectivity index (χ1n) is 24.1. The van der Waals surface area contributed by atoms with Crippen LogP contribution in [-0.4, -0.2) is 107 Å². The van der Waals surface area contributed by atoms with Gasteiger partial charge in [0.05, 0.1) is 94.1 Å². The number of ether oxygens (including phenoxy) is 9. The minimum absolute atomic E-state index is 0.0830. The molecule has 0 amide bonds. The summed E-state index contributed by atoms with van der Waals surface area (Å²) in [5.41, 5.74) is 3.20. The Morgan fingerprint density at radius 2 is 1.27 bits per heavy atom. The van der Waals surface area contributed by atoms with E-state index in [0.29, 0.717) is 52.1 Å². The van der Waals surface area contributed by atoms with Crippen LogP contribution in [0.3, 0.4) is 0 Å². The predicted octanol–water partition coefficient (Wildman–Crippen LogP) is 9.63. The third-order valence-corrected chi connectivity index (χ3v) is 19.1. The molecule has 5 aliphatic rings. The van der Waals surface area contributed by atoms with Gasteiger partial charge in [-0.05, 0) is 86.3 Å². The van der Waals surface area contributed by atoms with Crippen LogP contribution in [0.15, 0.2) is 84.9 Å². The Kier molecular flexibility index (Phi) is 16.4. The molecule has 1 N–H and O–H groups in total. The van der Waals surface area contributed by atoms with Gasteiger partial charge in [-0.1, -0.05) is 93.6 Å². The van der Waals surface area contributed by atoms with Crippen LogP contribution in [-0.2, 0) is 55.5 Å². The zero-order valence-electron chi connectivity index (χ0n) is 39.0. The van der Waals surface area contributed by atoms with E-state index in [0.717, 1.165) is 61.0 Å². The molecular weight excluding hydrogens is 829 g/mol. The number of benzene rings is 3. The van der Waals surface area contributed by atoms with Crippen molar-refractivity contribution in [2.24, 2.45) is 0 Å². The first-order valence-corrected chi connectivity index (χ1v) is 27.0. The molecular formula is C52H74O11Si. The second-order valence-corrected chi connectivity index (χ2v) is 25.0. The van der Waals surface area contributed by atoms with E-state index in [9.17, 15) is 5.11 Å². The Labute approximate surface area is 382 Å². The highest BCUT2D eigenvalue weighted by molar-refractivity contribution is 6.74. The maximum Gasteiger partial charge on any atom is 0.191 e. The summed E-state index contributed by atoms with van der Waals surface area (Å²) in [4.78, 5) is 0. The first kappa shape index (κ1) is 47.8. The molecule has 12 heteroatoms. The molecule has 5 saturated heterocycles. The predicted molar refractivity (Wildman–Crippen MR) is 247 cm³/mol. The second kappa shape index (κ2) is 21.9. The van der Waals surface area contributed by atoms with Crippen LogP contribution in [0.4, 0.5) is 0 Å². The molecule has 11 nitrogen and oxygen atoms in total. The summed E-state index contributed by atoms with van der Waals surface area (Å²) in [6, 6.07) is 28.5. The number of rotatable bonds is 15. The molecule has 64 heavy (non-hydrogen) atoms. The van der Waals surface area contributed by atoms with Crippen molar-refractivity contribution in [3.05, 3.63) is 102 Å². The summed E-state index contributed by atoms with van der Waals surface area (Å²) >= 11 is 0. The Morgan fingerprint density at radius 1 is 0.641 bits per heavy atom. The quantitative estimate of drug-likeness (QED) is 0.116. The third-order valence-electron chi connectivity index (χ3n) is 14.6. The van der Waals surface area contributed by atoms with Gasteiger partial charge in [0.15, 0.2) is 14.6 Å². The lowest BCUT2D eigenvalue weighted by Crippen LogP contribution is -2.50. The molecule has 352 valence electrons. The molecule has 5 fully saturated rings. The van der Waals surface area contributed by atoms with Crippen molar-refractivity contribution in [3.63, 3.8) is 0 Å². The van der Waals surface area contributed by atoms with E-state index in [1.54, 1.807) is 7.11 Å². The summed E-state index contributed by atoms with van der Waals surface area (Å²) in [5.74, 6) is 0.810. The maximum absolute atomic E-state index is 11.6. The normalized spacial score (nSPS) is 33.7. The molecule has 0 spiro atoms. The maximum atomic E-state index is 11.6. The van der Waals surface area contributed by atoms with Gasteiger partial charge in [-0.3, -0.25) is 0 Å². The lowest BCUT2D eigenvalue weighted by molar-refractivity contribution is -0.271. The molecule has 0 unspecified atom stereocenters. The molecule has 5 aliphatic heterocycles. The number of aliphatic hydroxyl groups is 1. The standard InChI is InChI=1S/C52H74O11Si/c1-52(2,3)64(5,6)58-27-13-18-42-46(56-32-35-14-9-7-10-15-35)31-49-44(60-42)24-23-41(55-33-36-19-21-39(54-4)22-20-36)48(61-49)30-40-28-38(53)29-47-43(59-40)25-26-45-50(62-47)34-57-51(63-45)37-16-11-8-12-17-37/h7-12,14-17,19-22,38,40-51,53H,13,18,23-34H2,1-6H3/t38-,40+,41-,42-,43+,44+,45-,46+,47-,48+,49-,50+,51+/m0/s1. The Bertz CT molecular complexity index is 1840. The van der Waals surface area contributed by atoms with Crippen LogP contribution in [0, 0.1) is 0 Å². The van der Waals surface area contributed by atoms with E-state index in [-0.39, 0.29) is 72.2 Å². The summed E-state index contributed by atoms with van der Waals surface area (Å²) in [6.45, 7) is 13.6. The average Bonchev–Trinajstić information content (AvgIpc) is 3.64. The van der Waals surface area contributed by atoms with Crippen molar-refractivity contribution in [1.82, 2.24) is 0 Å². The van der Waals surface area contributed by atoms with Crippen LogP contribution in [0.2, 0.25) is 18.1 Å². The minimum atomic E-state index is -1.87. The molecule has 0 saturated carbocycles. The fourth-order valence-electron chi connectivity index (χ4n) is 9.83. The van der Waals surface area contributed by atoms with Gasteiger partial charge in [-0.2, -0.15) is 0 Å². The Morgan fingerprint density at radius 3 is 1.98 bits per heavy atom. The van der Waals surface area contributed by atoms with E-state index in [2.05, 4.69) is 58.1 Å². The summed E-state index contributed by atoms with van der Waals surface area (Å²) in [6.07, 6.45) is 4.00. The highest BCUT2D eigenvalue weighted by atomic mass is 28.4. The third kappa shape index (κ3) is 12.4. The first-order chi connectivity index (χ1) is 30.9. The zero-order chi connectivity index (χ0) is 44.7. The van der Waals surface area contributed by atoms with Crippen molar-refractivity contribution < 1.29 is 52.2 Å². The van der Waals surface area contributed by atoms with Crippen LogP contribution in [0.25, 0.3) is 0 Å². The summed E-state index contributed by atoms with van der Waals surface area (Å²) in [7, 11) is -0.193. The van der Waals surface area contributed by atoms with Crippen molar-refractivity contribution in [3.8, 4) is 5.75 Å². The number of fused-ring (bicyclic) bond motifs is 3. The highest BCUT2D eigenvalue weighted by Crippen LogP contribution is 2.41.